The highest BCUT2D eigenvalue weighted by Gasteiger charge is 2.37. The summed E-state index contributed by atoms with van der Waals surface area (Å²) in [6.45, 7) is 13.4. The number of hydroxylamine groups is 6. The second-order valence-electron chi connectivity index (χ2n) is 8.59. The predicted octanol–water partition coefficient (Wildman–Crippen LogP) is 3.64. The lowest BCUT2D eigenvalue weighted by Crippen LogP contribution is -2.48. The van der Waals surface area contributed by atoms with Crippen molar-refractivity contribution in [3.63, 3.8) is 0 Å². The third-order valence-corrected chi connectivity index (χ3v) is 9.40. The molecule has 0 aliphatic rings. The normalized spacial score (nSPS) is 13.0. The molecule has 0 aromatic heterocycles. The molecule has 13 heteroatoms. The molecule has 0 atom stereocenters. The maximum Gasteiger partial charge on any atom is 0.346 e. The summed E-state index contributed by atoms with van der Waals surface area (Å²) in [6, 6.07) is 8.03. The van der Waals surface area contributed by atoms with Gasteiger partial charge in [-0.15, -0.1) is 0 Å². The number of nitrogens with zero attached hydrogens (tertiary/aromatic N) is 2. The minimum Gasteiger partial charge on any atom is -0.454 e. The summed E-state index contributed by atoms with van der Waals surface area (Å²) < 4.78 is 70.4. The number of quaternary nitrogens is 2. The van der Waals surface area contributed by atoms with Crippen molar-refractivity contribution in [3.05, 3.63) is 36.4 Å². The Labute approximate surface area is 220 Å². The first-order chi connectivity index (χ1) is 17.3. The van der Waals surface area contributed by atoms with Crippen molar-refractivity contribution in [2.24, 2.45) is 0 Å². The topological polar surface area (TPSA) is 148 Å². The first kappa shape index (κ1) is 30.8. The quantitative estimate of drug-likeness (QED) is 0.201. The number of ether oxygens (including phenoxy) is 1. The molecule has 0 amide bonds. The van der Waals surface area contributed by atoms with Gasteiger partial charge >= 0.3 is 20.2 Å². The van der Waals surface area contributed by atoms with E-state index in [-0.39, 0.29) is 42.0 Å². The zero-order valence-corrected chi connectivity index (χ0v) is 24.1. The number of nitrogen functional groups attached to an aromatic ring is 2. The third kappa shape index (κ3) is 6.92. The minimum atomic E-state index is -4.37. The van der Waals surface area contributed by atoms with Crippen LogP contribution in [0.2, 0.25) is 0 Å². The zero-order valence-electron chi connectivity index (χ0n) is 22.4. The lowest BCUT2D eigenvalue weighted by Gasteiger charge is -2.31. The maximum absolute atomic E-state index is 13.4. The number of benzene rings is 2. The molecule has 11 nitrogen and oxygen atoms in total. The van der Waals surface area contributed by atoms with Crippen LogP contribution in [0.25, 0.3) is 0 Å². The molecule has 0 heterocycles. The fraction of sp³-hybridized carbons (Fsp3) is 0.500. The van der Waals surface area contributed by atoms with E-state index in [1.165, 1.54) is 36.4 Å². The van der Waals surface area contributed by atoms with Gasteiger partial charge in [0.15, 0.2) is 0 Å². The van der Waals surface area contributed by atoms with E-state index in [0.717, 1.165) is 0 Å². The van der Waals surface area contributed by atoms with Gasteiger partial charge in [-0.1, -0.05) is 8.57 Å². The Kier molecular flexibility index (Phi) is 9.96. The van der Waals surface area contributed by atoms with Crippen LogP contribution in [0.5, 0.6) is 11.5 Å². The number of hydrogen-bond acceptors (Lipinski definition) is 9. The van der Waals surface area contributed by atoms with Crippen molar-refractivity contribution in [2.45, 2.75) is 51.3 Å². The van der Waals surface area contributed by atoms with Gasteiger partial charge in [-0.2, -0.15) is 26.1 Å². The van der Waals surface area contributed by atoms with E-state index in [9.17, 15) is 16.8 Å². The van der Waals surface area contributed by atoms with Gasteiger partial charge in [-0.3, -0.25) is 0 Å². The first-order valence-corrected chi connectivity index (χ1v) is 15.2. The minimum absolute atomic E-state index is 0.142. The molecule has 0 aliphatic carbocycles. The Morgan fingerprint density at radius 1 is 0.595 bits per heavy atom. The second-order valence-corrected chi connectivity index (χ2v) is 11.6. The van der Waals surface area contributed by atoms with Gasteiger partial charge in [0.05, 0.1) is 0 Å². The van der Waals surface area contributed by atoms with E-state index in [0.29, 0.717) is 39.3 Å². The summed E-state index contributed by atoms with van der Waals surface area (Å²) in [5, 5.41) is 0. The smallest absolute Gasteiger partial charge is 0.346 e. The molecular formula is C24H40N4O7S2+2. The molecule has 2 rings (SSSR count). The van der Waals surface area contributed by atoms with Crippen molar-refractivity contribution < 1.29 is 39.4 Å². The first-order valence-electron chi connectivity index (χ1n) is 12.4. The summed E-state index contributed by atoms with van der Waals surface area (Å²) in [6.07, 6.45) is 0. The summed E-state index contributed by atoms with van der Waals surface area (Å²) in [7, 11) is -8.73. The number of rotatable bonds is 14. The van der Waals surface area contributed by atoms with Crippen LogP contribution in [0.4, 0.5) is 11.4 Å². The Morgan fingerprint density at radius 2 is 0.892 bits per heavy atom. The van der Waals surface area contributed by atoms with Crippen molar-refractivity contribution in [1.82, 2.24) is 0 Å². The molecule has 4 N–H and O–H groups in total. The molecule has 2 aromatic carbocycles. The summed E-state index contributed by atoms with van der Waals surface area (Å²) >= 11 is 0. The molecule has 0 spiro atoms. The molecular weight excluding hydrogens is 520 g/mol. The van der Waals surface area contributed by atoms with Gasteiger partial charge in [0.1, 0.15) is 60.6 Å². The van der Waals surface area contributed by atoms with Crippen LogP contribution >= 0.6 is 0 Å². The molecule has 0 saturated heterocycles. The summed E-state index contributed by atoms with van der Waals surface area (Å²) in [4.78, 5) is -0.653. The molecule has 0 aliphatic heterocycles. The Bertz CT molecular complexity index is 1170. The van der Waals surface area contributed by atoms with Crippen LogP contribution in [-0.4, -0.2) is 65.4 Å². The van der Waals surface area contributed by atoms with E-state index in [1.54, 1.807) is 0 Å². The molecule has 0 saturated carbocycles. The van der Waals surface area contributed by atoms with Crippen molar-refractivity contribution in [3.8, 4) is 11.5 Å². The standard InChI is InChI=1S/C24H40N4O7S2/c1-7-27(8-2,9-3)34-36(29,30)23-17-19(25)13-15-21(23)33-22-16-14-20(26)18-24(22)37(31,32)35-28(10-4,11-5)12-6/h13-18H,7-12,25-26H2,1-6H3/q+2. The fourth-order valence-electron chi connectivity index (χ4n) is 3.88. The van der Waals surface area contributed by atoms with Gasteiger partial charge in [-0.25, -0.2) is 0 Å². The van der Waals surface area contributed by atoms with Gasteiger partial charge in [0.25, 0.3) is 0 Å². The van der Waals surface area contributed by atoms with Gasteiger partial charge in [0, 0.05) is 11.4 Å². The van der Waals surface area contributed by atoms with Gasteiger partial charge < -0.3 is 16.2 Å². The summed E-state index contributed by atoms with van der Waals surface area (Å²) in [5.41, 5.74) is 12.1. The SMILES string of the molecule is CC[N+](CC)(CC)OS(=O)(=O)c1cc(N)ccc1Oc1ccc(N)cc1S(=O)(=O)O[N+](CC)(CC)CC. The largest absolute Gasteiger partial charge is 0.454 e. The van der Waals surface area contributed by atoms with Crippen molar-refractivity contribution >= 4 is 31.6 Å². The van der Waals surface area contributed by atoms with E-state index in [1.807, 2.05) is 41.5 Å². The average molecular weight is 561 g/mol. The van der Waals surface area contributed by atoms with Crippen LogP contribution in [-0.2, 0) is 28.8 Å². The van der Waals surface area contributed by atoms with Gasteiger partial charge in [-0.05, 0) is 77.9 Å². The monoisotopic (exact) mass is 560 g/mol. The maximum atomic E-state index is 13.4. The second kappa shape index (κ2) is 12.0. The lowest BCUT2D eigenvalue weighted by molar-refractivity contribution is -1.08. The molecule has 0 radical (unpaired) electrons. The molecule has 2 aromatic rings. The number of hydrogen-bond donors (Lipinski definition) is 2. The fourth-order valence-corrected chi connectivity index (χ4v) is 6.78. The van der Waals surface area contributed by atoms with Crippen LogP contribution in [0.1, 0.15) is 41.5 Å². The number of nitrogens with two attached hydrogens (primary N) is 2. The van der Waals surface area contributed by atoms with Crippen LogP contribution in [0.15, 0.2) is 46.2 Å². The Balaban J connectivity index is 2.63. The van der Waals surface area contributed by atoms with Crippen molar-refractivity contribution in [1.29, 1.82) is 0 Å². The van der Waals surface area contributed by atoms with Crippen molar-refractivity contribution in [2.75, 3.05) is 50.7 Å². The molecule has 0 unspecified atom stereocenters. The third-order valence-electron chi connectivity index (χ3n) is 6.66. The molecule has 0 bridgehead atoms. The molecule has 37 heavy (non-hydrogen) atoms. The van der Waals surface area contributed by atoms with Crippen LogP contribution < -0.4 is 16.2 Å². The highest BCUT2D eigenvalue weighted by molar-refractivity contribution is 7.87. The molecule has 208 valence electrons. The average Bonchev–Trinajstić information content (AvgIpc) is 2.88. The predicted molar refractivity (Wildman–Crippen MR) is 142 cm³/mol. The molecule has 0 fully saturated rings. The highest BCUT2D eigenvalue weighted by atomic mass is 32.2. The summed E-state index contributed by atoms with van der Waals surface area (Å²) in [5.74, 6) is -0.307. The Hall–Kier alpha value is -2.42. The number of anilines is 2. The lowest BCUT2D eigenvalue weighted by atomic mass is 10.3. The van der Waals surface area contributed by atoms with E-state index in [2.05, 4.69) is 0 Å². The van der Waals surface area contributed by atoms with E-state index in [4.69, 9.17) is 24.8 Å². The Morgan fingerprint density at radius 3 is 1.16 bits per heavy atom. The van der Waals surface area contributed by atoms with E-state index < -0.39 is 20.2 Å². The van der Waals surface area contributed by atoms with Crippen LogP contribution in [0, 0.1) is 0 Å². The highest BCUT2D eigenvalue weighted by Crippen LogP contribution is 2.37. The zero-order chi connectivity index (χ0) is 28.1. The van der Waals surface area contributed by atoms with Crippen LogP contribution in [0.3, 0.4) is 0 Å². The van der Waals surface area contributed by atoms with Gasteiger partial charge in [0.2, 0.25) is 0 Å². The van der Waals surface area contributed by atoms with E-state index >= 15 is 0 Å².